The maximum Gasteiger partial charge on any atom is 0.255 e. The zero-order valence-electron chi connectivity index (χ0n) is 12.9. The Morgan fingerprint density at radius 3 is 2.29 bits per heavy atom. The second-order valence-electron chi connectivity index (χ2n) is 5.28. The number of carbonyl (C=O) groups is 3. The summed E-state index contributed by atoms with van der Waals surface area (Å²) in [5.74, 6) is -0.775. The molecule has 9 heteroatoms. The Hall–Kier alpha value is -1.83. The number of halogens is 2. The summed E-state index contributed by atoms with van der Waals surface area (Å²) in [5, 5.41) is 3.20. The molecule has 0 bridgehead atoms. The van der Waals surface area contributed by atoms with Gasteiger partial charge < -0.3 is 20.9 Å². The molecule has 3 amide bonds. The van der Waals surface area contributed by atoms with Crippen LogP contribution in [0.4, 0.5) is 0 Å². The van der Waals surface area contributed by atoms with Crippen molar-refractivity contribution in [3.05, 3.63) is 33.8 Å². The van der Waals surface area contributed by atoms with Crippen molar-refractivity contribution in [2.45, 2.75) is 0 Å². The first-order valence-corrected chi connectivity index (χ1v) is 8.17. The van der Waals surface area contributed by atoms with Crippen molar-refractivity contribution in [1.29, 1.82) is 0 Å². The lowest BCUT2D eigenvalue weighted by Crippen LogP contribution is -2.52. The molecule has 0 aliphatic carbocycles. The molecule has 1 saturated heterocycles. The summed E-state index contributed by atoms with van der Waals surface area (Å²) in [7, 11) is 0. The lowest BCUT2D eigenvalue weighted by molar-refractivity contribution is -0.133. The fourth-order valence-electron chi connectivity index (χ4n) is 2.35. The second-order valence-corrected chi connectivity index (χ2v) is 6.12. The van der Waals surface area contributed by atoms with Crippen LogP contribution in [-0.4, -0.2) is 66.8 Å². The Morgan fingerprint density at radius 1 is 1.08 bits per heavy atom. The van der Waals surface area contributed by atoms with Gasteiger partial charge >= 0.3 is 0 Å². The smallest absolute Gasteiger partial charge is 0.255 e. The first kappa shape index (κ1) is 18.5. The standard InChI is InChI=1S/C15H18Cl2N4O3/c16-10-1-2-11(12(17)7-10)15(24)21-5-3-20(4-6-21)14(23)9-19-13(22)8-18/h1-2,7H,3-6,8-9,18H2,(H,19,22). The number of nitrogens with zero attached hydrogens (tertiary/aromatic N) is 2. The number of carbonyl (C=O) groups excluding carboxylic acids is 3. The summed E-state index contributed by atoms with van der Waals surface area (Å²) in [4.78, 5) is 38.8. The molecule has 3 N–H and O–H groups in total. The number of rotatable bonds is 4. The summed E-state index contributed by atoms with van der Waals surface area (Å²) in [6.45, 7) is 1.34. The average Bonchev–Trinajstić information content (AvgIpc) is 2.59. The molecule has 1 heterocycles. The molecule has 1 aromatic carbocycles. The average molecular weight is 373 g/mol. The van der Waals surface area contributed by atoms with Crippen molar-refractivity contribution in [2.75, 3.05) is 39.3 Å². The highest BCUT2D eigenvalue weighted by Crippen LogP contribution is 2.22. The molecular formula is C15H18Cl2N4O3. The van der Waals surface area contributed by atoms with Gasteiger partial charge in [0.1, 0.15) is 0 Å². The van der Waals surface area contributed by atoms with Crippen LogP contribution in [0.3, 0.4) is 0 Å². The molecule has 0 spiro atoms. The van der Waals surface area contributed by atoms with Gasteiger partial charge in [-0.15, -0.1) is 0 Å². The largest absolute Gasteiger partial charge is 0.346 e. The van der Waals surface area contributed by atoms with Crippen LogP contribution in [0.2, 0.25) is 10.0 Å². The summed E-state index contributed by atoms with van der Waals surface area (Å²) in [5.41, 5.74) is 5.55. The third kappa shape index (κ3) is 4.59. The lowest BCUT2D eigenvalue weighted by Gasteiger charge is -2.35. The molecule has 1 fully saturated rings. The minimum Gasteiger partial charge on any atom is -0.346 e. The lowest BCUT2D eigenvalue weighted by atomic mass is 10.1. The zero-order valence-corrected chi connectivity index (χ0v) is 14.4. The van der Waals surface area contributed by atoms with E-state index in [4.69, 9.17) is 28.9 Å². The Morgan fingerprint density at radius 2 is 1.71 bits per heavy atom. The summed E-state index contributed by atoms with van der Waals surface area (Å²) >= 11 is 11.9. The van der Waals surface area contributed by atoms with Gasteiger partial charge in [-0.3, -0.25) is 14.4 Å². The highest BCUT2D eigenvalue weighted by molar-refractivity contribution is 6.36. The quantitative estimate of drug-likeness (QED) is 0.796. The molecule has 24 heavy (non-hydrogen) atoms. The van der Waals surface area contributed by atoms with Crippen LogP contribution < -0.4 is 11.1 Å². The van der Waals surface area contributed by atoms with Crippen molar-refractivity contribution in [2.24, 2.45) is 5.73 Å². The van der Waals surface area contributed by atoms with E-state index >= 15 is 0 Å². The van der Waals surface area contributed by atoms with Gasteiger partial charge in [-0.05, 0) is 18.2 Å². The van der Waals surface area contributed by atoms with Gasteiger partial charge in [0.25, 0.3) is 5.91 Å². The first-order valence-electron chi connectivity index (χ1n) is 7.41. The van der Waals surface area contributed by atoms with Gasteiger partial charge in [0, 0.05) is 31.2 Å². The number of piperazine rings is 1. The molecule has 130 valence electrons. The number of nitrogens with one attached hydrogen (secondary N) is 1. The van der Waals surface area contributed by atoms with Crippen LogP contribution in [0, 0.1) is 0 Å². The number of nitrogens with two attached hydrogens (primary N) is 1. The molecule has 1 aliphatic heterocycles. The molecule has 1 aromatic rings. The van der Waals surface area contributed by atoms with E-state index in [0.29, 0.717) is 41.8 Å². The molecule has 1 aliphatic rings. The monoisotopic (exact) mass is 372 g/mol. The van der Waals surface area contributed by atoms with Gasteiger partial charge in [-0.1, -0.05) is 23.2 Å². The van der Waals surface area contributed by atoms with Crippen LogP contribution in [0.15, 0.2) is 18.2 Å². The Labute approximate surface area is 149 Å². The van der Waals surface area contributed by atoms with Crippen molar-refractivity contribution >= 4 is 40.9 Å². The maximum atomic E-state index is 12.5. The van der Waals surface area contributed by atoms with Crippen LogP contribution in [0.25, 0.3) is 0 Å². The number of amides is 3. The Bertz CT molecular complexity index is 646. The van der Waals surface area contributed by atoms with Crippen molar-refractivity contribution in [3.8, 4) is 0 Å². The predicted molar refractivity (Wildman–Crippen MR) is 91.0 cm³/mol. The van der Waals surface area contributed by atoms with E-state index in [1.54, 1.807) is 21.9 Å². The summed E-state index contributed by atoms with van der Waals surface area (Å²) < 4.78 is 0. The molecule has 0 saturated carbocycles. The van der Waals surface area contributed by atoms with Gasteiger partial charge in [-0.25, -0.2) is 0 Å². The van der Waals surface area contributed by atoms with E-state index in [2.05, 4.69) is 5.32 Å². The Kier molecular flexibility index (Phi) is 6.42. The highest BCUT2D eigenvalue weighted by Gasteiger charge is 2.25. The minimum absolute atomic E-state index is 0.0903. The third-order valence-electron chi connectivity index (χ3n) is 3.70. The Balaban J connectivity index is 1.89. The summed E-state index contributed by atoms with van der Waals surface area (Å²) in [6.07, 6.45) is 0. The fraction of sp³-hybridized carbons (Fsp3) is 0.400. The molecule has 0 unspecified atom stereocenters. The van der Waals surface area contributed by atoms with E-state index < -0.39 is 0 Å². The number of hydrogen-bond donors (Lipinski definition) is 2. The van der Waals surface area contributed by atoms with E-state index in [1.165, 1.54) is 6.07 Å². The van der Waals surface area contributed by atoms with Crippen LogP contribution in [-0.2, 0) is 9.59 Å². The topological polar surface area (TPSA) is 95.7 Å². The SMILES string of the molecule is NCC(=O)NCC(=O)N1CCN(C(=O)c2ccc(Cl)cc2Cl)CC1. The van der Waals surface area contributed by atoms with Crippen molar-refractivity contribution in [3.63, 3.8) is 0 Å². The second kappa shape index (κ2) is 8.32. The predicted octanol–water partition coefficient (Wildman–Crippen LogP) is 0.353. The van der Waals surface area contributed by atoms with E-state index in [1.807, 2.05) is 0 Å². The van der Waals surface area contributed by atoms with Gasteiger partial charge in [0.05, 0.1) is 23.7 Å². The van der Waals surface area contributed by atoms with Crippen molar-refractivity contribution < 1.29 is 14.4 Å². The van der Waals surface area contributed by atoms with Crippen LogP contribution in [0.5, 0.6) is 0 Å². The van der Waals surface area contributed by atoms with Crippen LogP contribution >= 0.6 is 23.2 Å². The third-order valence-corrected chi connectivity index (χ3v) is 4.25. The normalized spacial score (nSPS) is 14.5. The molecule has 7 nitrogen and oxygen atoms in total. The number of benzene rings is 1. The molecule has 0 radical (unpaired) electrons. The highest BCUT2D eigenvalue weighted by atomic mass is 35.5. The van der Waals surface area contributed by atoms with Gasteiger partial charge in [0.15, 0.2) is 0 Å². The van der Waals surface area contributed by atoms with Gasteiger partial charge in [-0.2, -0.15) is 0 Å². The van der Waals surface area contributed by atoms with E-state index in [-0.39, 0.29) is 30.8 Å². The molecule has 2 rings (SSSR count). The first-order chi connectivity index (χ1) is 11.4. The van der Waals surface area contributed by atoms with Gasteiger partial charge in [0.2, 0.25) is 11.8 Å². The summed E-state index contributed by atoms with van der Waals surface area (Å²) in [6, 6.07) is 4.73. The van der Waals surface area contributed by atoms with Crippen molar-refractivity contribution in [1.82, 2.24) is 15.1 Å². The van der Waals surface area contributed by atoms with E-state index in [0.717, 1.165) is 0 Å². The maximum absolute atomic E-state index is 12.5. The van der Waals surface area contributed by atoms with E-state index in [9.17, 15) is 14.4 Å². The zero-order chi connectivity index (χ0) is 17.7. The molecule has 0 atom stereocenters. The molecule has 0 aromatic heterocycles. The fourth-order valence-corrected chi connectivity index (χ4v) is 2.84. The van der Waals surface area contributed by atoms with Crippen LogP contribution in [0.1, 0.15) is 10.4 Å². The minimum atomic E-state index is -0.380. The number of hydrogen-bond acceptors (Lipinski definition) is 4. The molecular weight excluding hydrogens is 355 g/mol.